The van der Waals surface area contributed by atoms with Gasteiger partial charge in [-0.3, -0.25) is 14.3 Å². The quantitative estimate of drug-likeness (QED) is 0.724. The topological polar surface area (TPSA) is 53.1 Å². The number of benzene rings is 1. The van der Waals surface area contributed by atoms with E-state index in [1.165, 1.54) is 25.7 Å². The molecule has 1 unspecified atom stereocenters. The van der Waals surface area contributed by atoms with Crippen molar-refractivity contribution in [2.75, 3.05) is 19.6 Å². The zero-order valence-electron chi connectivity index (χ0n) is 15.4. The number of likely N-dealkylation sites (tertiary alicyclic amines) is 1. The van der Waals surface area contributed by atoms with Gasteiger partial charge in [0.2, 0.25) is 0 Å². The first kappa shape index (κ1) is 18.9. The van der Waals surface area contributed by atoms with Crippen LogP contribution in [0.5, 0.6) is 0 Å². The second-order valence-corrected chi connectivity index (χ2v) is 7.29. The molecule has 1 aliphatic heterocycles. The Balaban J connectivity index is 1.68. The van der Waals surface area contributed by atoms with Gasteiger partial charge in [-0.05, 0) is 56.7 Å². The number of para-hydroxylation sites is 1. The number of imidazole rings is 1. The Hall–Kier alpha value is -1.92. The number of carbonyl (C=O) groups is 1. The summed E-state index contributed by atoms with van der Waals surface area (Å²) >= 11 is 5.37. The van der Waals surface area contributed by atoms with E-state index in [1.807, 2.05) is 30.3 Å². The van der Waals surface area contributed by atoms with Crippen LogP contribution in [0.25, 0.3) is 5.69 Å². The molecule has 140 valence electrons. The molecule has 0 spiro atoms. The van der Waals surface area contributed by atoms with Crippen LogP contribution in [0.15, 0.2) is 36.5 Å². The average molecular weight is 373 g/mol. The molecule has 26 heavy (non-hydrogen) atoms. The highest BCUT2D eigenvalue weighted by atomic mass is 32.1. The standard InChI is InChI=1S/C20H28N4OS/c1-2-3-12-23-13-8-7-11-17(23)14-21-19(25)18-15-22-20(26)24(18)16-9-5-4-6-10-16/h4-6,9-10,15,17H,2-3,7-8,11-14H2,1H3,(H,21,25)(H,22,26). The van der Waals surface area contributed by atoms with Crippen LogP contribution in [-0.4, -0.2) is 46.0 Å². The van der Waals surface area contributed by atoms with Gasteiger partial charge in [0.1, 0.15) is 5.69 Å². The second-order valence-electron chi connectivity index (χ2n) is 6.90. The lowest BCUT2D eigenvalue weighted by Crippen LogP contribution is -2.47. The van der Waals surface area contributed by atoms with Gasteiger partial charge in [0.05, 0.1) is 0 Å². The molecule has 1 saturated heterocycles. The Morgan fingerprint density at radius 2 is 2.12 bits per heavy atom. The molecule has 2 N–H and O–H groups in total. The van der Waals surface area contributed by atoms with E-state index in [0.717, 1.165) is 25.2 Å². The van der Waals surface area contributed by atoms with E-state index < -0.39 is 0 Å². The van der Waals surface area contributed by atoms with Crippen molar-refractivity contribution in [3.63, 3.8) is 0 Å². The first-order valence-electron chi connectivity index (χ1n) is 9.58. The van der Waals surface area contributed by atoms with Gasteiger partial charge in [0.25, 0.3) is 5.91 Å². The fraction of sp³-hybridized carbons (Fsp3) is 0.500. The van der Waals surface area contributed by atoms with E-state index >= 15 is 0 Å². The molecule has 2 aromatic rings. The predicted octanol–water partition coefficient (Wildman–Crippen LogP) is 3.92. The minimum atomic E-state index is -0.0813. The Bertz CT molecular complexity index is 768. The monoisotopic (exact) mass is 372 g/mol. The zero-order valence-corrected chi connectivity index (χ0v) is 16.2. The second kappa shape index (κ2) is 9.14. The molecule has 3 rings (SSSR count). The summed E-state index contributed by atoms with van der Waals surface area (Å²) in [5, 5.41) is 3.13. The number of aromatic amines is 1. The Labute approximate surface area is 160 Å². The largest absolute Gasteiger partial charge is 0.349 e. The summed E-state index contributed by atoms with van der Waals surface area (Å²) in [4.78, 5) is 18.3. The highest BCUT2D eigenvalue weighted by Crippen LogP contribution is 2.18. The van der Waals surface area contributed by atoms with Crippen molar-refractivity contribution in [1.82, 2.24) is 19.8 Å². The van der Waals surface area contributed by atoms with Crippen molar-refractivity contribution in [2.45, 2.75) is 45.1 Å². The number of nitrogens with zero attached hydrogens (tertiary/aromatic N) is 2. The SMILES string of the molecule is CCCCN1CCCCC1CNC(=O)c1c[nH]c(=S)n1-c1ccccc1. The molecule has 6 heteroatoms. The van der Waals surface area contributed by atoms with E-state index in [0.29, 0.717) is 23.1 Å². The maximum absolute atomic E-state index is 12.8. The van der Waals surface area contributed by atoms with Gasteiger partial charge in [-0.25, -0.2) is 0 Å². The first-order valence-corrected chi connectivity index (χ1v) is 9.99. The molecule has 0 bridgehead atoms. The molecular formula is C20H28N4OS. The normalized spacial score (nSPS) is 18.0. The summed E-state index contributed by atoms with van der Waals surface area (Å²) in [6.45, 7) is 5.18. The first-order chi connectivity index (χ1) is 12.7. The number of hydrogen-bond donors (Lipinski definition) is 2. The Kier molecular flexibility index (Phi) is 6.63. The minimum Gasteiger partial charge on any atom is -0.349 e. The van der Waals surface area contributed by atoms with Crippen molar-refractivity contribution in [3.05, 3.63) is 47.0 Å². The molecule has 1 atom stereocenters. The number of piperidine rings is 1. The molecule has 1 aromatic carbocycles. The molecule has 0 radical (unpaired) electrons. The highest BCUT2D eigenvalue weighted by molar-refractivity contribution is 7.71. The van der Waals surface area contributed by atoms with E-state index in [4.69, 9.17) is 12.2 Å². The summed E-state index contributed by atoms with van der Waals surface area (Å²) < 4.78 is 2.32. The van der Waals surface area contributed by atoms with Gasteiger partial charge in [-0.2, -0.15) is 0 Å². The van der Waals surface area contributed by atoms with Crippen LogP contribution in [0.2, 0.25) is 0 Å². The van der Waals surface area contributed by atoms with Crippen molar-refractivity contribution >= 4 is 18.1 Å². The van der Waals surface area contributed by atoms with Crippen LogP contribution in [0.1, 0.15) is 49.5 Å². The van der Waals surface area contributed by atoms with E-state index in [1.54, 1.807) is 10.8 Å². The maximum atomic E-state index is 12.8. The van der Waals surface area contributed by atoms with E-state index in [-0.39, 0.29) is 5.91 Å². The zero-order chi connectivity index (χ0) is 18.4. The summed E-state index contributed by atoms with van der Waals surface area (Å²) in [6, 6.07) is 10.2. The minimum absolute atomic E-state index is 0.0813. The number of aromatic nitrogens is 2. The average Bonchev–Trinajstić information content (AvgIpc) is 3.07. The molecule has 2 heterocycles. The number of carbonyl (C=O) groups excluding carboxylic acids is 1. The predicted molar refractivity (Wildman–Crippen MR) is 107 cm³/mol. The van der Waals surface area contributed by atoms with Crippen molar-refractivity contribution in [2.24, 2.45) is 0 Å². The van der Waals surface area contributed by atoms with Gasteiger partial charge in [-0.1, -0.05) is 38.0 Å². The molecule has 0 saturated carbocycles. The Morgan fingerprint density at radius 3 is 2.88 bits per heavy atom. The number of nitrogens with one attached hydrogen (secondary N) is 2. The Morgan fingerprint density at radius 1 is 1.31 bits per heavy atom. The van der Waals surface area contributed by atoms with Crippen LogP contribution in [-0.2, 0) is 0 Å². The van der Waals surface area contributed by atoms with Crippen LogP contribution >= 0.6 is 12.2 Å². The van der Waals surface area contributed by atoms with Crippen molar-refractivity contribution in [3.8, 4) is 5.69 Å². The molecule has 1 aromatic heterocycles. The lowest BCUT2D eigenvalue weighted by Gasteiger charge is -2.35. The fourth-order valence-corrected chi connectivity index (χ4v) is 3.88. The number of rotatable bonds is 7. The third kappa shape index (κ3) is 4.43. The van der Waals surface area contributed by atoms with Crippen LogP contribution in [0.4, 0.5) is 0 Å². The maximum Gasteiger partial charge on any atom is 0.269 e. The van der Waals surface area contributed by atoms with Gasteiger partial charge >= 0.3 is 0 Å². The molecular weight excluding hydrogens is 344 g/mol. The number of H-pyrrole nitrogens is 1. The summed E-state index contributed by atoms with van der Waals surface area (Å²) in [6.07, 6.45) is 7.78. The summed E-state index contributed by atoms with van der Waals surface area (Å²) in [5.41, 5.74) is 1.45. The third-order valence-corrected chi connectivity index (χ3v) is 5.37. The summed E-state index contributed by atoms with van der Waals surface area (Å²) in [5.74, 6) is -0.0813. The number of unbranched alkanes of at least 4 members (excludes halogenated alkanes) is 1. The lowest BCUT2D eigenvalue weighted by molar-refractivity contribution is 0.0906. The number of amides is 1. The smallest absolute Gasteiger partial charge is 0.269 e. The molecule has 1 amide bonds. The van der Waals surface area contributed by atoms with Crippen LogP contribution in [0, 0.1) is 4.77 Å². The van der Waals surface area contributed by atoms with Gasteiger partial charge < -0.3 is 10.3 Å². The van der Waals surface area contributed by atoms with Crippen molar-refractivity contribution in [1.29, 1.82) is 0 Å². The third-order valence-electron chi connectivity index (χ3n) is 5.07. The molecule has 5 nitrogen and oxygen atoms in total. The lowest BCUT2D eigenvalue weighted by atomic mass is 10.0. The molecule has 0 aliphatic carbocycles. The van der Waals surface area contributed by atoms with E-state index in [9.17, 15) is 4.79 Å². The van der Waals surface area contributed by atoms with Crippen molar-refractivity contribution < 1.29 is 4.79 Å². The number of hydrogen-bond acceptors (Lipinski definition) is 3. The van der Waals surface area contributed by atoms with Gasteiger partial charge in [0.15, 0.2) is 4.77 Å². The summed E-state index contributed by atoms with van der Waals surface area (Å²) in [7, 11) is 0. The van der Waals surface area contributed by atoms with E-state index in [2.05, 4.69) is 22.1 Å². The van der Waals surface area contributed by atoms with Gasteiger partial charge in [-0.15, -0.1) is 0 Å². The highest BCUT2D eigenvalue weighted by Gasteiger charge is 2.23. The van der Waals surface area contributed by atoms with Crippen LogP contribution < -0.4 is 5.32 Å². The van der Waals surface area contributed by atoms with Crippen LogP contribution in [0.3, 0.4) is 0 Å². The molecule has 1 fully saturated rings. The fourth-order valence-electron chi connectivity index (χ4n) is 3.62. The molecule has 1 aliphatic rings. The van der Waals surface area contributed by atoms with Gasteiger partial charge in [0, 0.05) is 24.5 Å².